The smallest absolute Gasteiger partial charge is 0.0731 e. The molecule has 0 aromatic heterocycles. The number of nitrogens with two attached hydrogens (primary N) is 1. The van der Waals surface area contributed by atoms with Gasteiger partial charge >= 0.3 is 0 Å². The van der Waals surface area contributed by atoms with Crippen molar-refractivity contribution in [3.63, 3.8) is 0 Å². The molecule has 1 saturated heterocycles. The van der Waals surface area contributed by atoms with Gasteiger partial charge in [-0.3, -0.25) is 0 Å². The number of anilines is 1. The van der Waals surface area contributed by atoms with E-state index in [1.807, 2.05) is 6.92 Å². The Labute approximate surface area is 104 Å². The highest BCUT2D eigenvalue weighted by atomic mass is 79.9. The Morgan fingerprint density at radius 1 is 1.56 bits per heavy atom. The molecule has 0 bridgehead atoms. The van der Waals surface area contributed by atoms with Crippen LogP contribution < -0.4 is 10.6 Å². The van der Waals surface area contributed by atoms with E-state index in [0.717, 1.165) is 35.2 Å². The van der Waals surface area contributed by atoms with Crippen LogP contribution in [-0.2, 0) is 0 Å². The van der Waals surface area contributed by atoms with Gasteiger partial charge in [-0.2, -0.15) is 0 Å². The van der Waals surface area contributed by atoms with E-state index < -0.39 is 0 Å². The molecule has 88 valence electrons. The molecule has 1 aliphatic rings. The first-order valence-corrected chi connectivity index (χ1v) is 6.35. The van der Waals surface area contributed by atoms with Crippen molar-refractivity contribution >= 4 is 21.6 Å². The molecule has 3 N–H and O–H groups in total. The molecule has 3 nitrogen and oxygen atoms in total. The molecule has 4 heteroatoms. The number of halogens is 1. The lowest BCUT2D eigenvalue weighted by Crippen LogP contribution is -2.21. The largest absolute Gasteiger partial charge is 0.391 e. The van der Waals surface area contributed by atoms with Gasteiger partial charge in [0.25, 0.3) is 0 Å². The van der Waals surface area contributed by atoms with Crippen molar-refractivity contribution in [2.24, 2.45) is 5.73 Å². The highest BCUT2D eigenvalue weighted by Crippen LogP contribution is 2.29. The Morgan fingerprint density at radius 3 is 2.81 bits per heavy atom. The van der Waals surface area contributed by atoms with Crippen LogP contribution in [0.3, 0.4) is 0 Å². The van der Waals surface area contributed by atoms with Crippen LogP contribution in [-0.4, -0.2) is 24.3 Å². The van der Waals surface area contributed by atoms with Crippen LogP contribution in [0.4, 0.5) is 5.69 Å². The summed E-state index contributed by atoms with van der Waals surface area (Å²) in [4.78, 5) is 2.19. The normalized spacial score (nSPS) is 22.5. The van der Waals surface area contributed by atoms with Crippen LogP contribution in [0.1, 0.15) is 24.9 Å². The summed E-state index contributed by atoms with van der Waals surface area (Å²) in [5, 5.41) is 9.50. The fraction of sp³-hybridized carbons (Fsp3) is 0.500. The predicted octanol–water partition coefficient (Wildman–Crippen LogP) is 2.04. The summed E-state index contributed by atoms with van der Waals surface area (Å²) in [6.07, 6.45) is 0.666. The second-order valence-corrected chi connectivity index (χ2v) is 5.24. The predicted molar refractivity (Wildman–Crippen MR) is 69.6 cm³/mol. The third-order valence-corrected chi connectivity index (χ3v) is 3.69. The van der Waals surface area contributed by atoms with E-state index in [9.17, 15) is 5.11 Å². The van der Waals surface area contributed by atoms with E-state index in [2.05, 4.69) is 39.0 Å². The number of hydrogen-bond donors (Lipinski definition) is 2. The maximum absolute atomic E-state index is 9.50. The average Bonchev–Trinajstić information content (AvgIpc) is 2.64. The molecule has 1 fully saturated rings. The minimum atomic E-state index is -0.188. The van der Waals surface area contributed by atoms with E-state index >= 15 is 0 Å². The Kier molecular flexibility index (Phi) is 3.52. The molecule has 0 amide bonds. The lowest BCUT2D eigenvalue weighted by Gasteiger charge is -2.19. The number of benzene rings is 1. The SMILES string of the molecule is C[C@H](N)c1ccc(N2CCC(O)C2)cc1Br. The second-order valence-electron chi connectivity index (χ2n) is 4.38. The minimum absolute atomic E-state index is 0.0348. The maximum Gasteiger partial charge on any atom is 0.0731 e. The molecule has 16 heavy (non-hydrogen) atoms. The van der Waals surface area contributed by atoms with E-state index in [1.54, 1.807) is 0 Å². The number of aliphatic hydroxyl groups excluding tert-OH is 1. The number of nitrogens with zero attached hydrogens (tertiary/aromatic N) is 1. The quantitative estimate of drug-likeness (QED) is 0.874. The molecule has 0 spiro atoms. The fourth-order valence-corrected chi connectivity index (χ4v) is 2.79. The molecular weight excluding hydrogens is 268 g/mol. The molecule has 0 saturated carbocycles. The fourth-order valence-electron chi connectivity index (χ4n) is 2.06. The highest BCUT2D eigenvalue weighted by Gasteiger charge is 2.20. The molecule has 0 radical (unpaired) electrons. The van der Waals surface area contributed by atoms with Crippen LogP contribution in [0.15, 0.2) is 22.7 Å². The third kappa shape index (κ3) is 2.39. The molecule has 1 aromatic rings. The molecule has 1 heterocycles. The lowest BCUT2D eigenvalue weighted by atomic mass is 10.1. The average molecular weight is 285 g/mol. The Balaban J connectivity index is 2.21. The van der Waals surface area contributed by atoms with Crippen LogP contribution in [0.5, 0.6) is 0 Å². The van der Waals surface area contributed by atoms with Gasteiger partial charge in [-0.1, -0.05) is 22.0 Å². The zero-order valence-corrected chi connectivity index (χ0v) is 10.9. The van der Waals surface area contributed by atoms with Gasteiger partial charge in [-0.25, -0.2) is 0 Å². The van der Waals surface area contributed by atoms with Gasteiger partial charge in [-0.05, 0) is 31.0 Å². The van der Waals surface area contributed by atoms with Crippen molar-refractivity contribution in [3.05, 3.63) is 28.2 Å². The van der Waals surface area contributed by atoms with E-state index in [4.69, 9.17) is 5.73 Å². The Bertz CT molecular complexity index is 381. The van der Waals surface area contributed by atoms with Crippen LogP contribution in [0, 0.1) is 0 Å². The molecule has 2 atom stereocenters. The number of aliphatic hydroxyl groups is 1. The van der Waals surface area contributed by atoms with Crippen LogP contribution in [0.25, 0.3) is 0 Å². The first-order valence-electron chi connectivity index (χ1n) is 5.56. The van der Waals surface area contributed by atoms with Crippen molar-refractivity contribution < 1.29 is 5.11 Å². The van der Waals surface area contributed by atoms with E-state index in [-0.39, 0.29) is 12.1 Å². The molecule has 2 rings (SSSR count). The summed E-state index contributed by atoms with van der Waals surface area (Å²) in [7, 11) is 0. The van der Waals surface area contributed by atoms with Crippen LogP contribution in [0.2, 0.25) is 0 Å². The monoisotopic (exact) mass is 284 g/mol. The van der Waals surface area contributed by atoms with Crippen molar-refractivity contribution in [1.82, 2.24) is 0 Å². The van der Waals surface area contributed by atoms with Gasteiger partial charge in [-0.15, -0.1) is 0 Å². The topological polar surface area (TPSA) is 49.5 Å². The van der Waals surface area contributed by atoms with Gasteiger partial charge in [0.15, 0.2) is 0 Å². The first kappa shape index (κ1) is 11.9. The lowest BCUT2D eigenvalue weighted by molar-refractivity contribution is 0.198. The number of rotatable bonds is 2. The summed E-state index contributed by atoms with van der Waals surface area (Å²) in [5.41, 5.74) is 8.12. The number of β-amino-alcohol motifs (C(OH)–C–C–N with tert-alkyl or cyclic N) is 1. The minimum Gasteiger partial charge on any atom is -0.391 e. The molecule has 1 aliphatic heterocycles. The van der Waals surface area contributed by atoms with Crippen molar-refractivity contribution in [2.75, 3.05) is 18.0 Å². The van der Waals surface area contributed by atoms with Gasteiger partial charge in [0.2, 0.25) is 0 Å². The van der Waals surface area contributed by atoms with Gasteiger partial charge in [0, 0.05) is 29.3 Å². The van der Waals surface area contributed by atoms with Crippen LogP contribution >= 0.6 is 15.9 Å². The first-order chi connectivity index (χ1) is 7.58. The molecule has 1 unspecified atom stereocenters. The third-order valence-electron chi connectivity index (χ3n) is 3.00. The van der Waals surface area contributed by atoms with Crippen molar-refractivity contribution in [1.29, 1.82) is 0 Å². The molecule has 1 aromatic carbocycles. The van der Waals surface area contributed by atoms with Crippen molar-refractivity contribution in [3.8, 4) is 0 Å². The second kappa shape index (κ2) is 4.73. The summed E-state index contributed by atoms with van der Waals surface area (Å²) >= 11 is 3.54. The Morgan fingerprint density at radius 2 is 2.31 bits per heavy atom. The highest BCUT2D eigenvalue weighted by molar-refractivity contribution is 9.10. The summed E-state index contributed by atoms with van der Waals surface area (Å²) in [6.45, 7) is 3.62. The summed E-state index contributed by atoms with van der Waals surface area (Å²) in [6, 6.07) is 6.24. The van der Waals surface area contributed by atoms with Crippen molar-refractivity contribution in [2.45, 2.75) is 25.5 Å². The van der Waals surface area contributed by atoms with Gasteiger partial charge in [0.1, 0.15) is 0 Å². The molecular formula is C12H17BrN2O. The Hall–Kier alpha value is -0.580. The van der Waals surface area contributed by atoms with Gasteiger partial charge in [0.05, 0.1) is 6.10 Å². The standard InChI is InChI=1S/C12H17BrN2O/c1-8(14)11-3-2-9(6-12(11)13)15-5-4-10(16)7-15/h2-3,6,8,10,16H,4-5,7,14H2,1H3/t8-,10?/m0/s1. The molecule has 0 aliphatic carbocycles. The maximum atomic E-state index is 9.50. The zero-order chi connectivity index (χ0) is 11.7. The zero-order valence-electron chi connectivity index (χ0n) is 9.36. The summed E-state index contributed by atoms with van der Waals surface area (Å²) in [5.74, 6) is 0. The number of hydrogen-bond acceptors (Lipinski definition) is 3. The van der Waals surface area contributed by atoms with E-state index in [1.165, 1.54) is 0 Å². The summed E-state index contributed by atoms with van der Waals surface area (Å²) < 4.78 is 1.04. The van der Waals surface area contributed by atoms with Gasteiger partial charge < -0.3 is 15.7 Å². The van der Waals surface area contributed by atoms with E-state index in [0.29, 0.717) is 0 Å².